The van der Waals surface area contributed by atoms with E-state index in [2.05, 4.69) is 20.8 Å². The third-order valence-electron chi connectivity index (χ3n) is 10.3. The molecule has 0 aromatic carbocycles. The summed E-state index contributed by atoms with van der Waals surface area (Å²) in [6.07, 6.45) is 4.67. The molecule has 168 valence electrons. The van der Waals surface area contributed by atoms with Gasteiger partial charge in [-0.05, 0) is 85.4 Å². The van der Waals surface area contributed by atoms with Crippen LogP contribution >= 0.6 is 0 Å². The zero-order valence-electron chi connectivity index (χ0n) is 21.1. The Morgan fingerprint density at radius 2 is 1.83 bits per heavy atom. The van der Waals surface area contributed by atoms with E-state index in [1.54, 1.807) is 0 Å². The molecule has 0 saturated heterocycles. The third kappa shape index (κ3) is 3.19. The molecule has 0 aliphatic heterocycles. The number of fused-ring (bicyclic) bond motifs is 5. The van der Waals surface area contributed by atoms with Crippen molar-refractivity contribution in [2.45, 2.75) is 91.9 Å². The van der Waals surface area contributed by atoms with Gasteiger partial charge in [-0.3, -0.25) is 14.4 Å². The highest BCUT2D eigenvalue weighted by Crippen LogP contribution is 2.68. The average molecular weight is 419 g/mol. The molecular formula is C26H40O4. The van der Waals surface area contributed by atoms with Gasteiger partial charge in [0.25, 0.3) is 0 Å². The number of ketones is 2. The van der Waals surface area contributed by atoms with Gasteiger partial charge in [0, 0.05) is 33.8 Å². The Hall–Kier alpha value is -1.19. The van der Waals surface area contributed by atoms with Crippen molar-refractivity contribution in [2.75, 3.05) is 0 Å². The smallest absolute Gasteiger partial charge is 0.303 e. The van der Waals surface area contributed by atoms with Crippen LogP contribution < -0.4 is 0 Å². The van der Waals surface area contributed by atoms with Crippen molar-refractivity contribution in [3.8, 4) is 0 Å². The second-order valence-electron chi connectivity index (χ2n) is 11.4. The lowest BCUT2D eigenvalue weighted by atomic mass is 9.42. The van der Waals surface area contributed by atoms with Crippen molar-refractivity contribution < 1.29 is 22.2 Å². The standard InChI is InChI=1S/C26H40O4/c1-5-17-21-14-16(27)10-12-26(21,4)20-11-13-25(3)18(15(2)6-9-22(28)29)7-8-19(25)23(20)24(17)30/h15,17-21,23H,5-14H2,1-4H3,(H,28,29)/t15-,17-,18-,19?,20?,21+,23?,25-,26-/m1/s1/i9D2. The van der Waals surface area contributed by atoms with Crippen LogP contribution in [0.1, 0.15) is 94.6 Å². The molecule has 4 nitrogen and oxygen atoms in total. The summed E-state index contributed by atoms with van der Waals surface area (Å²) >= 11 is 0. The summed E-state index contributed by atoms with van der Waals surface area (Å²) in [5, 5.41) is 9.29. The maximum Gasteiger partial charge on any atom is 0.303 e. The van der Waals surface area contributed by atoms with Crippen molar-refractivity contribution in [2.24, 2.45) is 52.3 Å². The fraction of sp³-hybridized carbons (Fsp3) is 0.885. The molecule has 4 saturated carbocycles. The van der Waals surface area contributed by atoms with Crippen LogP contribution in [-0.4, -0.2) is 22.6 Å². The van der Waals surface area contributed by atoms with E-state index in [1.807, 2.05) is 6.92 Å². The van der Waals surface area contributed by atoms with Crippen molar-refractivity contribution in [3.63, 3.8) is 0 Å². The molecule has 3 unspecified atom stereocenters. The molecule has 30 heavy (non-hydrogen) atoms. The fourth-order valence-electron chi connectivity index (χ4n) is 8.81. The number of hydrogen-bond acceptors (Lipinski definition) is 3. The van der Waals surface area contributed by atoms with Gasteiger partial charge in [0.05, 0.1) is 0 Å². The second kappa shape index (κ2) is 7.74. The molecule has 4 heteroatoms. The van der Waals surface area contributed by atoms with E-state index >= 15 is 0 Å². The lowest BCUT2D eigenvalue weighted by molar-refractivity contribution is -0.169. The first kappa shape index (κ1) is 19.5. The van der Waals surface area contributed by atoms with E-state index in [1.165, 1.54) is 0 Å². The lowest BCUT2D eigenvalue weighted by Gasteiger charge is -2.61. The normalized spacial score (nSPS) is 48.1. The van der Waals surface area contributed by atoms with Crippen LogP contribution in [0.4, 0.5) is 0 Å². The van der Waals surface area contributed by atoms with E-state index < -0.39 is 12.3 Å². The monoisotopic (exact) mass is 418 g/mol. The minimum atomic E-state index is -2.21. The predicted octanol–water partition coefficient (Wildman–Crippen LogP) is 5.53. The SMILES string of the molecule is [2H]C([2H])(C[C@@H](C)[C@H]1CCC2C3C(=O)[C@H](CC)[C@@H]4CC(=O)CC[C@]4(C)C3CC[C@@]21C)C(=O)O. The third-order valence-corrected chi connectivity index (χ3v) is 10.3. The number of carboxylic acid groups (broad SMARTS) is 1. The molecule has 0 aromatic rings. The van der Waals surface area contributed by atoms with E-state index in [4.69, 9.17) is 2.74 Å². The molecule has 1 N–H and O–H groups in total. The zero-order chi connectivity index (χ0) is 23.6. The van der Waals surface area contributed by atoms with Crippen molar-refractivity contribution >= 4 is 17.5 Å². The van der Waals surface area contributed by atoms with Crippen LogP contribution in [0.3, 0.4) is 0 Å². The average Bonchev–Trinajstić information content (AvgIpc) is 3.06. The minimum absolute atomic E-state index is 0.0227. The number of aliphatic carboxylic acids is 1. The molecule has 0 spiro atoms. The van der Waals surface area contributed by atoms with Gasteiger partial charge < -0.3 is 5.11 Å². The summed E-state index contributed by atoms with van der Waals surface area (Å²) < 4.78 is 15.9. The molecule has 4 rings (SSSR count). The Morgan fingerprint density at radius 3 is 2.50 bits per heavy atom. The number of Topliss-reactive ketones (excluding diaryl/α,β-unsaturated/α-hetero) is 2. The highest BCUT2D eigenvalue weighted by Gasteiger charge is 2.65. The van der Waals surface area contributed by atoms with Gasteiger partial charge in [0.15, 0.2) is 0 Å². The van der Waals surface area contributed by atoms with Gasteiger partial charge in [0.2, 0.25) is 0 Å². The van der Waals surface area contributed by atoms with Crippen LogP contribution in [0.15, 0.2) is 0 Å². The molecule has 0 radical (unpaired) electrons. The molecule has 0 amide bonds. The molecule has 0 aromatic heterocycles. The van der Waals surface area contributed by atoms with Gasteiger partial charge in [-0.15, -0.1) is 0 Å². The quantitative estimate of drug-likeness (QED) is 0.637. The number of carbonyl (C=O) groups excluding carboxylic acids is 2. The van der Waals surface area contributed by atoms with Gasteiger partial charge in [-0.25, -0.2) is 0 Å². The Kier molecular flexibility index (Phi) is 5.03. The van der Waals surface area contributed by atoms with Crippen molar-refractivity contribution in [3.05, 3.63) is 0 Å². The van der Waals surface area contributed by atoms with E-state index in [0.717, 1.165) is 38.5 Å². The number of carboxylic acids is 1. The highest BCUT2D eigenvalue weighted by atomic mass is 16.4. The Morgan fingerprint density at radius 1 is 1.13 bits per heavy atom. The van der Waals surface area contributed by atoms with Gasteiger partial charge in [0.1, 0.15) is 11.6 Å². The van der Waals surface area contributed by atoms with Crippen LogP contribution in [0, 0.1) is 52.3 Å². The van der Waals surface area contributed by atoms with Gasteiger partial charge in [-0.1, -0.05) is 27.7 Å². The molecule has 4 fully saturated rings. The van der Waals surface area contributed by atoms with Crippen molar-refractivity contribution in [1.29, 1.82) is 0 Å². The van der Waals surface area contributed by atoms with Gasteiger partial charge in [-0.2, -0.15) is 0 Å². The molecule has 4 aliphatic carbocycles. The van der Waals surface area contributed by atoms with E-state index in [0.29, 0.717) is 36.2 Å². The molecule has 0 heterocycles. The van der Waals surface area contributed by atoms with Crippen LogP contribution in [0.25, 0.3) is 0 Å². The second-order valence-corrected chi connectivity index (χ2v) is 11.4. The molecule has 0 bridgehead atoms. The van der Waals surface area contributed by atoms with Gasteiger partial charge >= 0.3 is 5.97 Å². The lowest BCUT2D eigenvalue weighted by Crippen LogP contribution is -2.60. The molecule has 4 aliphatic rings. The summed E-state index contributed by atoms with van der Waals surface area (Å²) in [6, 6.07) is 0. The zero-order valence-corrected chi connectivity index (χ0v) is 19.1. The number of rotatable bonds is 5. The Bertz CT molecular complexity index is 810. The van der Waals surface area contributed by atoms with E-state index in [-0.39, 0.29) is 46.8 Å². The molecule has 9 atom stereocenters. The summed E-state index contributed by atoms with van der Waals surface area (Å²) in [5.74, 6) is 0.373. The summed E-state index contributed by atoms with van der Waals surface area (Å²) in [4.78, 5) is 37.6. The topological polar surface area (TPSA) is 71.4 Å². The first-order valence-electron chi connectivity index (χ1n) is 13.2. The highest BCUT2D eigenvalue weighted by molar-refractivity contribution is 5.88. The van der Waals surface area contributed by atoms with Crippen LogP contribution in [0.2, 0.25) is 0 Å². The summed E-state index contributed by atoms with van der Waals surface area (Å²) in [7, 11) is 0. The van der Waals surface area contributed by atoms with Crippen LogP contribution in [-0.2, 0) is 14.4 Å². The van der Waals surface area contributed by atoms with Crippen molar-refractivity contribution in [1.82, 2.24) is 0 Å². The first-order chi connectivity index (χ1) is 14.9. The number of carbonyl (C=O) groups is 3. The minimum Gasteiger partial charge on any atom is -0.481 e. The maximum absolute atomic E-state index is 13.9. The summed E-state index contributed by atoms with van der Waals surface area (Å²) in [6.45, 7) is 8.76. The van der Waals surface area contributed by atoms with E-state index in [9.17, 15) is 19.5 Å². The number of hydrogen-bond donors (Lipinski definition) is 1. The Labute approximate surface area is 184 Å². The first-order valence-corrected chi connectivity index (χ1v) is 12.2. The van der Waals surface area contributed by atoms with Crippen LogP contribution in [0.5, 0.6) is 0 Å². The maximum atomic E-state index is 13.9. The Balaban J connectivity index is 1.63. The summed E-state index contributed by atoms with van der Waals surface area (Å²) in [5.41, 5.74) is 0.00974. The predicted molar refractivity (Wildman–Crippen MR) is 116 cm³/mol. The molecular weight excluding hydrogens is 376 g/mol. The fourth-order valence-corrected chi connectivity index (χ4v) is 8.81. The largest absolute Gasteiger partial charge is 0.481 e.